The summed E-state index contributed by atoms with van der Waals surface area (Å²) in [5.41, 5.74) is 6.38. The average Bonchev–Trinajstić information content (AvgIpc) is 2.97. The maximum atomic E-state index is 5.79. The van der Waals surface area contributed by atoms with Gasteiger partial charge in [-0.25, -0.2) is 10.1 Å². The normalized spacial score (nSPS) is 12.7. The summed E-state index contributed by atoms with van der Waals surface area (Å²) >= 11 is 0. The smallest absolute Gasteiger partial charge is 0.0939 e. The first-order chi connectivity index (χ1) is 10.3. The van der Waals surface area contributed by atoms with Crippen molar-refractivity contribution in [2.75, 3.05) is 0 Å². The lowest BCUT2D eigenvalue weighted by molar-refractivity contribution is 0.513. The highest BCUT2D eigenvalue weighted by atomic mass is 15.4. The van der Waals surface area contributed by atoms with Crippen LogP contribution in [0.15, 0.2) is 36.8 Å². The molecule has 21 heavy (non-hydrogen) atoms. The number of hydrogen-bond donors (Lipinski definition) is 2. The summed E-state index contributed by atoms with van der Waals surface area (Å²) in [5, 5.41) is 8.11. The standard InChI is InChI=1S/C14H17N7/c1-2-8-21-12(9-18-20-21)14(19-15)10-4-3-5-11-13(10)17-7-6-16-11/h3-7,9,14,19H,2,8,15H2,1H3. The Bertz CT molecular complexity index is 732. The molecular formula is C14H17N7. The molecule has 1 aromatic carbocycles. The number of nitrogens with one attached hydrogen (secondary N) is 1. The molecule has 1 unspecified atom stereocenters. The zero-order valence-electron chi connectivity index (χ0n) is 11.8. The first-order valence-corrected chi connectivity index (χ1v) is 6.89. The summed E-state index contributed by atoms with van der Waals surface area (Å²) in [5.74, 6) is 5.79. The number of para-hydroxylation sites is 1. The van der Waals surface area contributed by atoms with Crippen molar-refractivity contribution in [3.05, 3.63) is 48.0 Å². The van der Waals surface area contributed by atoms with Gasteiger partial charge in [0.05, 0.1) is 29.0 Å². The summed E-state index contributed by atoms with van der Waals surface area (Å²) in [6.07, 6.45) is 6.07. The van der Waals surface area contributed by atoms with E-state index < -0.39 is 0 Å². The fraction of sp³-hybridized carbons (Fsp3) is 0.286. The molecule has 7 nitrogen and oxygen atoms in total. The average molecular weight is 283 g/mol. The fourth-order valence-corrected chi connectivity index (χ4v) is 2.46. The van der Waals surface area contributed by atoms with Crippen LogP contribution in [0.1, 0.15) is 30.6 Å². The van der Waals surface area contributed by atoms with Crippen molar-refractivity contribution in [1.82, 2.24) is 30.4 Å². The number of fused-ring (bicyclic) bond motifs is 1. The molecule has 0 bridgehead atoms. The molecule has 2 aromatic heterocycles. The van der Waals surface area contributed by atoms with Crippen molar-refractivity contribution < 1.29 is 0 Å². The Labute approximate surface area is 122 Å². The Hall–Kier alpha value is -2.38. The lowest BCUT2D eigenvalue weighted by Gasteiger charge is -2.18. The minimum absolute atomic E-state index is 0.230. The van der Waals surface area contributed by atoms with Gasteiger partial charge in [0.15, 0.2) is 0 Å². The molecule has 3 N–H and O–H groups in total. The number of hydrogen-bond acceptors (Lipinski definition) is 6. The Morgan fingerprint density at radius 1 is 1.29 bits per heavy atom. The first kappa shape index (κ1) is 13.6. The van der Waals surface area contributed by atoms with E-state index in [4.69, 9.17) is 5.84 Å². The van der Waals surface area contributed by atoms with Gasteiger partial charge in [-0.3, -0.25) is 15.8 Å². The number of rotatable bonds is 5. The van der Waals surface area contributed by atoms with Crippen LogP contribution in [0.25, 0.3) is 11.0 Å². The van der Waals surface area contributed by atoms with E-state index in [-0.39, 0.29) is 6.04 Å². The van der Waals surface area contributed by atoms with E-state index in [1.807, 2.05) is 22.9 Å². The maximum Gasteiger partial charge on any atom is 0.0939 e. The lowest BCUT2D eigenvalue weighted by Crippen LogP contribution is -2.31. The van der Waals surface area contributed by atoms with E-state index in [0.29, 0.717) is 0 Å². The third-order valence-corrected chi connectivity index (χ3v) is 3.39. The van der Waals surface area contributed by atoms with Crippen molar-refractivity contribution in [1.29, 1.82) is 0 Å². The van der Waals surface area contributed by atoms with Gasteiger partial charge in [0.25, 0.3) is 0 Å². The van der Waals surface area contributed by atoms with Crippen LogP contribution in [0, 0.1) is 0 Å². The molecule has 0 saturated carbocycles. The second kappa shape index (κ2) is 5.94. The molecule has 0 fully saturated rings. The van der Waals surface area contributed by atoms with Gasteiger partial charge in [-0.2, -0.15) is 0 Å². The van der Waals surface area contributed by atoms with Crippen LogP contribution in [-0.4, -0.2) is 25.0 Å². The number of nitrogens with two attached hydrogens (primary N) is 1. The Morgan fingerprint density at radius 3 is 2.95 bits per heavy atom. The van der Waals surface area contributed by atoms with E-state index in [2.05, 4.69) is 32.6 Å². The molecule has 2 heterocycles. The van der Waals surface area contributed by atoms with Crippen LogP contribution in [0.4, 0.5) is 0 Å². The Morgan fingerprint density at radius 2 is 2.14 bits per heavy atom. The van der Waals surface area contributed by atoms with Gasteiger partial charge < -0.3 is 0 Å². The van der Waals surface area contributed by atoms with Crippen LogP contribution >= 0.6 is 0 Å². The fourth-order valence-electron chi connectivity index (χ4n) is 2.46. The minimum atomic E-state index is -0.230. The van der Waals surface area contributed by atoms with Crippen molar-refractivity contribution in [2.45, 2.75) is 25.9 Å². The molecule has 0 amide bonds. The zero-order chi connectivity index (χ0) is 14.7. The molecule has 108 valence electrons. The van der Waals surface area contributed by atoms with Gasteiger partial charge in [0, 0.05) is 24.5 Å². The summed E-state index contributed by atoms with van der Waals surface area (Å²) in [6, 6.07) is 5.64. The molecule has 3 rings (SSSR count). The van der Waals surface area contributed by atoms with E-state index in [0.717, 1.165) is 35.3 Å². The van der Waals surface area contributed by atoms with Gasteiger partial charge >= 0.3 is 0 Å². The molecule has 7 heteroatoms. The van der Waals surface area contributed by atoms with Crippen molar-refractivity contribution in [2.24, 2.45) is 5.84 Å². The van der Waals surface area contributed by atoms with E-state index in [9.17, 15) is 0 Å². The maximum absolute atomic E-state index is 5.79. The number of hydrazine groups is 1. The third-order valence-electron chi connectivity index (χ3n) is 3.39. The topological polar surface area (TPSA) is 94.5 Å². The van der Waals surface area contributed by atoms with Gasteiger partial charge in [0.1, 0.15) is 0 Å². The first-order valence-electron chi connectivity index (χ1n) is 6.89. The molecule has 0 spiro atoms. The number of nitrogens with zero attached hydrogens (tertiary/aromatic N) is 5. The summed E-state index contributed by atoms with van der Waals surface area (Å²) < 4.78 is 1.86. The van der Waals surface area contributed by atoms with Gasteiger partial charge in [-0.1, -0.05) is 24.3 Å². The molecule has 0 radical (unpaired) electrons. The van der Waals surface area contributed by atoms with Crippen LogP contribution in [0.2, 0.25) is 0 Å². The second-order valence-electron chi connectivity index (χ2n) is 4.75. The van der Waals surface area contributed by atoms with E-state index >= 15 is 0 Å². The highest BCUT2D eigenvalue weighted by Crippen LogP contribution is 2.25. The molecule has 0 saturated heterocycles. The predicted octanol–water partition coefficient (Wildman–Crippen LogP) is 1.18. The van der Waals surface area contributed by atoms with Crippen molar-refractivity contribution in [3.8, 4) is 0 Å². The molecular weight excluding hydrogens is 266 g/mol. The quantitative estimate of drug-likeness (QED) is 0.539. The molecule has 3 aromatic rings. The Balaban J connectivity index is 2.12. The Kier molecular flexibility index (Phi) is 3.85. The highest BCUT2D eigenvalue weighted by Gasteiger charge is 2.20. The highest BCUT2D eigenvalue weighted by molar-refractivity contribution is 5.78. The minimum Gasteiger partial charge on any atom is -0.271 e. The third kappa shape index (κ3) is 2.48. The van der Waals surface area contributed by atoms with Crippen molar-refractivity contribution >= 4 is 11.0 Å². The summed E-state index contributed by atoms with van der Waals surface area (Å²) in [6.45, 7) is 2.89. The van der Waals surface area contributed by atoms with Crippen LogP contribution < -0.4 is 11.3 Å². The molecule has 0 aliphatic heterocycles. The molecule has 0 aliphatic carbocycles. The molecule has 1 atom stereocenters. The number of benzene rings is 1. The monoisotopic (exact) mass is 283 g/mol. The lowest BCUT2D eigenvalue weighted by atomic mass is 10.0. The van der Waals surface area contributed by atoms with E-state index in [1.54, 1.807) is 18.6 Å². The summed E-state index contributed by atoms with van der Waals surface area (Å²) in [4.78, 5) is 8.76. The zero-order valence-corrected chi connectivity index (χ0v) is 11.8. The second-order valence-corrected chi connectivity index (χ2v) is 4.75. The van der Waals surface area contributed by atoms with Crippen LogP contribution in [0.5, 0.6) is 0 Å². The van der Waals surface area contributed by atoms with Gasteiger partial charge in [0.2, 0.25) is 0 Å². The largest absolute Gasteiger partial charge is 0.271 e. The number of aromatic nitrogens is 5. The van der Waals surface area contributed by atoms with Crippen LogP contribution in [0.3, 0.4) is 0 Å². The van der Waals surface area contributed by atoms with Crippen LogP contribution in [-0.2, 0) is 6.54 Å². The molecule has 0 aliphatic rings. The summed E-state index contributed by atoms with van der Waals surface area (Å²) in [7, 11) is 0. The SMILES string of the molecule is CCCn1nncc1C(NN)c1cccc2nccnc12. The predicted molar refractivity (Wildman–Crippen MR) is 79.0 cm³/mol. The van der Waals surface area contributed by atoms with E-state index in [1.165, 1.54) is 0 Å². The van der Waals surface area contributed by atoms with Gasteiger partial charge in [-0.15, -0.1) is 5.10 Å². The van der Waals surface area contributed by atoms with Crippen molar-refractivity contribution in [3.63, 3.8) is 0 Å². The van der Waals surface area contributed by atoms with Gasteiger partial charge in [-0.05, 0) is 12.5 Å². The number of aryl methyl sites for hydroxylation is 1.